The Kier molecular flexibility index (Phi) is 4.02. The monoisotopic (exact) mass is 265 g/mol. The zero-order valence-corrected chi connectivity index (χ0v) is 10.2. The van der Waals surface area contributed by atoms with Crippen LogP contribution in [0.5, 0.6) is 0 Å². The number of hydrogen-bond donors (Lipinski definition) is 2. The Morgan fingerprint density at radius 2 is 2.06 bits per heavy atom. The lowest BCUT2D eigenvalue weighted by Crippen LogP contribution is -2.30. The first-order chi connectivity index (χ1) is 8.70. The normalized spacial score (nSPS) is 12.1. The maximum Gasteiger partial charge on any atom is 0.251 e. The molecule has 94 valence electrons. The van der Waals surface area contributed by atoms with E-state index in [1.54, 1.807) is 36.4 Å². The molecule has 0 saturated carbocycles. The molecule has 2 N–H and O–H groups in total. The fourth-order valence-electron chi connectivity index (χ4n) is 1.54. The van der Waals surface area contributed by atoms with E-state index in [1.807, 2.05) is 0 Å². The van der Waals surface area contributed by atoms with Gasteiger partial charge in [-0.3, -0.25) is 4.79 Å². The maximum atomic E-state index is 11.9. The van der Waals surface area contributed by atoms with Gasteiger partial charge in [-0.2, -0.15) is 0 Å². The lowest BCUT2D eigenvalue weighted by Gasteiger charge is -2.13. The summed E-state index contributed by atoms with van der Waals surface area (Å²) in [6, 6.07) is 9.36. The number of carbonyl (C=O) groups is 1. The molecule has 0 aliphatic rings. The average molecular weight is 266 g/mol. The van der Waals surface area contributed by atoms with E-state index in [0.717, 1.165) is 0 Å². The van der Waals surface area contributed by atoms with Crippen molar-refractivity contribution in [2.45, 2.75) is 6.04 Å². The number of furan rings is 1. The summed E-state index contributed by atoms with van der Waals surface area (Å²) in [4.78, 5) is 11.9. The van der Waals surface area contributed by atoms with Crippen molar-refractivity contribution in [1.82, 2.24) is 5.32 Å². The van der Waals surface area contributed by atoms with Gasteiger partial charge in [0.25, 0.3) is 5.91 Å². The summed E-state index contributed by atoms with van der Waals surface area (Å²) in [6.07, 6.45) is 1.49. The van der Waals surface area contributed by atoms with Gasteiger partial charge < -0.3 is 14.8 Å². The van der Waals surface area contributed by atoms with Crippen molar-refractivity contribution < 1.29 is 14.3 Å². The lowest BCUT2D eigenvalue weighted by atomic mass is 10.2. The van der Waals surface area contributed by atoms with Gasteiger partial charge in [0.15, 0.2) is 0 Å². The Morgan fingerprint density at radius 3 is 2.61 bits per heavy atom. The number of aliphatic hydroxyl groups excluding tert-OH is 1. The highest BCUT2D eigenvalue weighted by Crippen LogP contribution is 2.14. The first-order valence-corrected chi connectivity index (χ1v) is 5.79. The van der Waals surface area contributed by atoms with E-state index in [9.17, 15) is 9.90 Å². The quantitative estimate of drug-likeness (QED) is 0.892. The van der Waals surface area contributed by atoms with E-state index >= 15 is 0 Å². The van der Waals surface area contributed by atoms with Gasteiger partial charge in [-0.05, 0) is 36.4 Å². The number of rotatable bonds is 4. The van der Waals surface area contributed by atoms with Crippen LogP contribution in [0, 0.1) is 0 Å². The van der Waals surface area contributed by atoms with Gasteiger partial charge in [0, 0.05) is 10.6 Å². The second kappa shape index (κ2) is 5.71. The summed E-state index contributed by atoms with van der Waals surface area (Å²) in [5, 5.41) is 12.5. The summed E-state index contributed by atoms with van der Waals surface area (Å²) in [5.41, 5.74) is 0.476. The molecule has 1 amide bonds. The van der Waals surface area contributed by atoms with Gasteiger partial charge in [0.2, 0.25) is 0 Å². The molecule has 2 aromatic rings. The molecule has 2 rings (SSSR count). The van der Waals surface area contributed by atoms with E-state index in [-0.39, 0.29) is 12.5 Å². The van der Waals surface area contributed by atoms with E-state index in [0.29, 0.717) is 16.3 Å². The number of benzene rings is 1. The smallest absolute Gasteiger partial charge is 0.251 e. The predicted octanol–water partition coefficient (Wildman–Crippen LogP) is 2.40. The fraction of sp³-hybridized carbons (Fsp3) is 0.154. The van der Waals surface area contributed by atoms with Crippen molar-refractivity contribution in [3.05, 3.63) is 59.0 Å². The van der Waals surface area contributed by atoms with Crippen molar-refractivity contribution in [3.63, 3.8) is 0 Å². The van der Waals surface area contributed by atoms with Crippen molar-refractivity contribution in [3.8, 4) is 0 Å². The van der Waals surface area contributed by atoms with Crippen LogP contribution in [0.15, 0.2) is 47.1 Å². The zero-order chi connectivity index (χ0) is 13.0. The standard InChI is InChI=1S/C13H12ClNO3/c14-10-5-3-9(4-6-10)13(17)15-11(8-16)12-2-1-7-18-12/h1-7,11,16H,8H2,(H,15,17). The van der Waals surface area contributed by atoms with E-state index in [4.69, 9.17) is 16.0 Å². The molecule has 1 atom stereocenters. The van der Waals surface area contributed by atoms with Crippen molar-refractivity contribution >= 4 is 17.5 Å². The number of aliphatic hydroxyl groups is 1. The SMILES string of the molecule is O=C(NC(CO)c1ccco1)c1ccc(Cl)cc1. The summed E-state index contributed by atoms with van der Waals surface area (Å²) in [7, 11) is 0. The van der Waals surface area contributed by atoms with Crippen LogP contribution in [0.3, 0.4) is 0 Å². The van der Waals surface area contributed by atoms with Crippen LogP contribution in [0.4, 0.5) is 0 Å². The lowest BCUT2D eigenvalue weighted by molar-refractivity contribution is 0.0907. The Labute approximate surface area is 109 Å². The maximum absolute atomic E-state index is 11.9. The van der Waals surface area contributed by atoms with E-state index in [2.05, 4.69) is 5.32 Å². The van der Waals surface area contributed by atoms with Gasteiger partial charge in [0.05, 0.1) is 12.9 Å². The third-order valence-electron chi connectivity index (χ3n) is 2.48. The first kappa shape index (κ1) is 12.7. The molecule has 1 unspecified atom stereocenters. The summed E-state index contributed by atoms with van der Waals surface area (Å²) >= 11 is 5.74. The molecule has 4 nitrogen and oxygen atoms in total. The highest BCUT2D eigenvalue weighted by Gasteiger charge is 2.16. The molecule has 1 aromatic heterocycles. The van der Waals surface area contributed by atoms with Crippen molar-refractivity contribution in [2.24, 2.45) is 0 Å². The van der Waals surface area contributed by atoms with Crippen LogP contribution < -0.4 is 5.32 Å². The van der Waals surface area contributed by atoms with E-state index < -0.39 is 6.04 Å². The number of hydrogen-bond acceptors (Lipinski definition) is 3. The molecule has 0 aliphatic carbocycles. The number of carbonyl (C=O) groups excluding carboxylic acids is 1. The Bertz CT molecular complexity index is 508. The largest absolute Gasteiger partial charge is 0.467 e. The number of nitrogens with one attached hydrogen (secondary N) is 1. The molecule has 0 aliphatic heterocycles. The Balaban J connectivity index is 2.08. The molecule has 1 heterocycles. The zero-order valence-electron chi connectivity index (χ0n) is 9.47. The molecule has 0 fully saturated rings. The molecular formula is C13H12ClNO3. The second-order valence-electron chi connectivity index (χ2n) is 3.73. The molecule has 0 spiro atoms. The molecule has 1 aromatic carbocycles. The Hall–Kier alpha value is -1.78. The fourth-order valence-corrected chi connectivity index (χ4v) is 1.67. The topological polar surface area (TPSA) is 62.5 Å². The van der Waals surface area contributed by atoms with Gasteiger partial charge in [-0.25, -0.2) is 0 Å². The molecule has 18 heavy (non-hydrogen) atoms. The minimum absolute atomic E-state index is 0.229. The van der Waals surface area contributed by atoms with E-state index in [1.165, 1.54) is 6.26 Å². The van der Waals surface area contributed by atoms with Crippen molar-refractivity contribution in [2.75, 3.05) is 6.61 Å². The minimum Gasteiger partial charge on any atom is -0.467 e. The summed E-state index contributed by atoms with van der Waals surface area (Å²) < 4.78 is 5.15. The third-order valence-corrected chi connectivity index (χ3v) is 2.73. The third kappa shape index (κ3) is 2.91. The van der Waals surface area contributed by atoms with Crippen LogP contribution in [0.1, 0.15) is 22.2 Å². The molecule has 0 saturated heterocycles. The van der Waals surface area contributed by atoms with Crippen LogP contribution in [-0.2, 0) is 0 Å². The predicted molar refractivity (Wildman–Crippen MR) is 67.5 cm³/mol. The van der Waals surface area contributed by atoms with Crippen molar-refractivity contribution in [1.29, 1.82) is 0 Å². The average Bonchev–Trinajstić information content (AvgIpc) is 2.90. The molecule has 0 radical (unpaired) electrons. The van der Waals surface area contributed by atoms with Gasteiger partial charge in [-0.1, -0.05) is 11.6 Å². The first-order valence-electron chi connectivity index (χ1n) is 5.41. The Morgan fingerprint density at radius 1 is 1.33 bits per heavy atom. The molecular weight excluding hydrogens is 254 g/mol. The number of amides is 1. The van der Waals surface area contributed by atoms with Crippen LogP contribution in [0.25, 0.3) is 0 Å². The minimum atomic E-state index is -0.553. The molecule has 5 heteroatoms. The van der Waals surface area contributed by atoms with Gasteiger partial charge in [-0.15, -0.1) is 0 Å². The van der Waals surface area contributed by atoms with Gasteiger partial charge >= 0.3 is 0 Å². The highest BCUT2D eigenvalue weighted by molar-refractivity contribution is 6.30. The summed E-state index contributed by atoms with van der Waals surface area (Å²) in [5.74, 6) is 0.224. The van der Waals surface area contributed by atoms with Gasteiger partial charge in [0.1, 0.15) is 11.8 Å². The van der Waals surface area contributed by atoms with Crippen LogP contribution in [0.2, 0.25) is 5.02 Å². The molecule has 0 bridgehead atoms. The van der Waals surface area contributed by atoms with Crippen LogP contribution in [-0.4, -0.2) is 17.6 Å². The number of halogens is 1. The van der Waals surface area contributed by atoms with Crippen LogP contribution >= 0.6 is 11.6 Å². The highest BCUT2D eigenvalue weighted by atomic mass is 35.5. The second-order valence-corrected chi connectivity index (χ2v) is 4.17. The summed E-state index contributed by atoms with van der Waals surface area (Å²) in [6.45, 7) is -0.229.